The van der Waals surface area contributed by atoms with Crippen LogP contribution in [0, 0.1) is 13.8 Å². The fraction of sp³-hybridized carbons (Fsp3) is 0.176. The van der Waals surface area contributed by atoms with Gasteiger partial charge in [0, 0.05) is 0 Å². The number of rotatable bonds is 4. The third-order valence-electron chi connectivity index (χ3n) is 3.54. The molecule has 0 radical (unpaired) electrons. The van der Waals surface area contributed by atoms with Gasteiger partial charge in [-0.2, -0.15) is 0 Å². The first-order chi connectivity index (χ1) is 10.5. The number of ether oxygens (including phenoxy) is 1. The van der Waals surface area contributed by atoms with Crippen molar-refractivity contribution in [1.82, 2.24) is 9.97 Å². The summed E-state index contributed by atoms with van der Waals surface area (Å²) in [6, 6.07) is 10.8. The van der Waals surface area contributed by atoms with E-state index in [0.717, 1.165) is 22.4 Å². The highest BCUT2D eigenvalue weighted by atomic mass is 16.5. The van der Waals surface area contributed by atoms with Crippen LogP contribution in [0.1, 0.15) is 27.3 Å². The maximum Gasteiger partial charge on any atom is 0.335 e. The molecule has 0 aliphatic rings. The lowest BCUT2D eigenvalue weighted by molar-refractivity contribution is 0.0697. The second kappa shape index (κ2) is 5.52. The maximum atomic E-state index is 11.0. The number of aromatic carboxylic acids is 1. The van der Waals surface area contributed by atoms with E-state index in [1.807, 2.05) is 32.0 Å². The molecule has 0 unspecified atom stereocenters. The van der Waals surface area contributed by atoms with Gasteiger partial charge in [-0.1, -0.05) is 18.2 Å². The Balaban J connectivity index is 1.84. The molecular weight excluding hydrogens is 280 g/mol. The normalized spacial score (nSPS) is 10.8. The number of carboxylic acid groups (broad SMARTS) is 1. The summed E-state index contributed by atoms with van der Waals surface area (Å²) in [6.07, 6.45) is 0. The molecule has 3 aromatic rings. The van der Waals surface area contributed by atoms with E-state index in [-0.39, 0.29) is 5.56 Å². The third kappa shape index (κ3) is 2.65. The Morgan fingerprint density at radius 3 is 2.64 bits per heavy atom. The topological polar surface area (TPSA) is 75.2 Å². The first kappa shape index (κ1) is 14.1. The van der Waals surface area contributed by atoms with Crippen LogP contribution in [0.3, 0.4) is 0 Å². The molecule has 0 atom stereocenters. The summed E-state index contributed by atoms with van der Waals surface area (Å²) >= 11 is 0. The minimum absolute atomic E-state index is 0.235. The Kier molecular flexibility index (Phi) is 3.55. The number of hydrogen-bond donors (Lipinski definition) is 2. The summed E-state index contributed by atoms with van der Waals surface area (Å²) in [5, 5.41) is 9.01. The van der Waals surface area contributed by atoms with E-state index in [1.54, 1.807) is 18.2 Å². The van der Waals surface area contributed by atoms with Gasteiger partial charge >= 0.3 is 5.97 Å². The maximum absolute atomic E-state index is 11.0. The molecule has 0 aliphatic carbocycles. The van der Waals surface area contributed by atoms with E-state index in [4.69, 9.17) is 9.84 Å². The van der Waals surface area contributed by atoms with Gasteiger partial charge in [0.1, 0.15) is 18.2 Å². The Labute approximate surface area is 127 Å². The van der Waals surface area contributed by atoms with Gasteiger partial charge in [-0.15, -0.1) is 0 Å². The smallest absolute Gasteiger partial charge is 0.335 e. The molecule has 5 nitrogen and oxygen atoms in total. The lowest BCUT2D eigenvalue weighted by atomic mass is 10.1. The van der Waals surface area contributed by atoms with Gasteiger partial charge in [-0.05, 0) is 43.2 Å². The molecule has 112 valence electrons. The van der Waals surface area contributed by atoms with E-state index in [0.29, 0.717) is 17.9 Å². The Morgan fingerprint density at radius 2 is 1.95 bits per heavy atom. The fourth-order valence-corrected chi connectivity index (χ4v) is 2.43. The standard InChI is InChI=1S/C17H16N2O3/c1-10-4-3-5-11(2)16(10)22-9-15-18-13-7-6-12(17(20)21)8-14(13)19-15/h3-8H,9H2,1-2H3,(H,18,19)(H,20,21). The molecule has 0 bridgehead atoms. The molecule has 2 aromatic carbocycles. The van der Waals surface area contributed by atoms with Gasteiger partial charge in [0.15, 0.2) is 0 Å². The van der Waals surface area contributed by atoms with E-state index in [1.165, 1.54) is 0 Å². The van der Waals surface area contributed by atoms with Gasteiger partial charge in [-0.3, -0.25) is 0 Å². The van der Waals surface area contributed by atoms with Gasteiger partial charge < -0.3 is 14.8 Å². The zero-order chi connectivity index (χ0) is 15.7. The van der Waals surface area contributed by atoms with Crippen molar-refractivity contribution < 1.29 is 14.6 Å². The lowest BCUT2D eigenvalue weighted by Crippen LogP contribution is -2.00. The molecule has 0 fully saturated rings. The van der Waals surface area contributed by atoms with E-state index < -0.39 is 5.97 Å². The van der Waals surface area contributed by atoms with Crippen molar-refractivity contribution in [3.05, 3.63) is 58.9 Å². The van der Waals surface area contributed by atoms with Gasteiger partial charge in [0.2, 0.25) is 0 Å². The largest absolute Gasteiger partial charge is 0.485 e. The lowest BCUT2D eigenvalue weighted by Gasteiger charge is -2.10. The number of carboxylic acids is 1. The number of hydrogen-bond acceptors (Lipinski definition) is 3. The second-order valence-electron chi connectivity index (χ2n) is 5.23. The van der Waals surface area contributed by atoms with Crippen molar-refractivity contribution in [2.45, 2.75) is 20.5 Å². The number of aryl methyl sites for hydroxylation is 2. The molecule has 0 saturated carbocycles. The average molecular weight is 296 g/mol. The Hall–Kier alpha value is -2.82. The summed E-state index contributed by atoms with van der Waals surface area (Å²) in [5.41, 5.74) is 3.80. The van der Waals surface area contributed by atoms with Crippen LogP contribution in [0.25, 0.3) is 11.0 Å². The summed E-state index contributed by atoms with van der Waals surface area (Å²) in [7, 11) is 0. The van der Waals surface area contributed by atoms with E-state index in [9.17, 15) is 4.79 Å². The number of H-pyrrole nitrogens is 1. The highest BCUT2D eigenvalue weighted by Gasteiger charge is 2.09. The fourth-order valence-electron chi connectivity index (χ4n) is 2.43. The summed E-state index contributed by atoms with van der Waals surface area (Å²) < 4.78 is 5.85. The van der Waals surface area contributed by atoms with Crippen LogP contribution in [0.2, 0.25) is 0 Å². The molecule has 0 spiro atoms. The first-order valence-corrected chi connectivity index (χ1v) is 6.95. The molecule has 3 rings (SSSR count). The van der Waals surface area contributed by atoms with Crippen LogP contribution in [0.4, 0.5) is 0 Å². The average Bonchev–Trinajstić information content (AvgIpc) is 2.88. The number of fused-ring (bicyclic) bond motifs is 1. The van der Waals surface area contributed by atoms with Crippen LogP contribution in [0.15, 0.2) is 36.4 Å². The monoisotopic (exact) mass is 296 g/mol. The van der Waals surface area contributed by atoms with Gasteiger partial charge in [-0.25, -0.2) is 9.78 Å². The minimum Gasteiger partial charge on any atom is -0.485 e. The van der Waals surface area contributed by atoms with Crippen LogP contribution in [-0.2, 0) is 6.61 Å². The number of aromatic nitrogens is 2. The quantitative estimate of drug-likeness (QED) is 0.773. The highest BCUT2D eigenvalue weighted by Crippen LogP contribution is 2.23. The van der Waals surface area contributed by atoms with Crippen LogP contribution in [-0.4, -0.2) is 21.0 Å². The summed E-state index contributed by atoms with van der Waals surface area (Å²) in [4.78, 5) is 18.5. The molecule has 0 saturated heterocycles. The minimum atomic E-state index is -0.954. The van der Waals surface area contributed by atoms with Gasteiger partial charge in [0.05, 0.1) is 16.6 Å². The SMILES string of the molecule is Cc1cccc(C)c1OCc1nc2ccc(C(=O)O)cc2[nH]1. The third-order valence-corrected chi connectivity index (χ3v) is 3.54. The number of para-hydroxylation sites is 1. The number of benzene rings is 2. The van der Waals surface area contributed by atoms with Crippen LogP contribution in [0.5, 0.6) is 5.75 Å². The van der Waals surface area contributed by atoms with Crippen molar-refractivity contribution in [3.8, 4) is 5.75 Å². The zero-order valence-electron chi connectivity index (χ0n) is 12.4. The number of carbonyl (C=O) groups is 1. The molecule has 22 heavy (non-hydrogen) atoms. The number of nitrogens with zero attached hydrogens (tertiary/aromatic N) is 1. The van der Waals surface area contributed by atoms with Crippen molar-refractivity contribution >= 4 is 17.0 Å². The highest BCUT2D eigenvalue weighted by molar-refractivity contribution is 5.92. The molecular formula is C17H16N2O3. The molecule has 2 N–H and O–H groups in total. The molecule has 0 aliphatic heterocycles. The zero-order valence-corrected chi connectivity index (χ0v) is 12.4. The van der Waals surface area contributed by atoms with Crippen LogP contribution >= 0.6 is 0 Å². The molecule has 1 heterocycles. The Bertz CT molecular complexity index is 832. The summed E-state index contributed by atoms with van der Waals surface area (Å²) in [5.74, 6) is 0.569. The van der Waals surface area contributed by atoms with Crippen molar-refractivity contribution in [3.63, 3.8) is 0 Å². The van der Waals surface area contributed by atoms with Gasteiger partial charge in [0.25, 0.3) is 0 Å². The number of nitrogens with one attached hydrogen (secondary N) is 1. The van der Waals surface area contributed by atoms with E-state index in [2.05, 4.69) is 9.97 Å². The predicted molar refractivity (Wildman–Crippen MR) is 83.3 cm³/mol. The predicted octanol–water partition coefficient (Wildman–Crippen LogP) is 3.46. The molecule has 0 amide bonds. The van der Waals surface area contributed by atoms with Crippen molar-refractivity contribution in [2.75, 3.05) is 0 Å². The number of imidazole rings is 1. The number of aromatic amines is 1. The van der Waals surface area contributed by atoms with Crippen LogP contribution < -0.4 is 4.74 Å². The first-order valence-electron chi connectivity index (χ1n) is 6.95. The second-order valence-corrected chi connectivity index (χ2v) is 5.23. The summed E-state index contributed by atoms with van der Waals surface area (Å²) in [6.45, 7) is 4.31. The Morgan fingerprint density at radius 1 is 1.23 bits per heavy atom. The molecule has 5 heteroatoms. The molecule has 1 aromatic heterocycles. The van der Waals surface area contributed by atoms with Crippen molar-refractivity contribution in [2.24, 2.45) is 0 Å². The van der Waals surface area contributed by atoms with E-state index >= 15 is 0 Å². The van der Waals surface area contributed by atoms with Crippen molar-refractivity contribution in [1.29, 1.82) is 0 Å².